The summed E-state index contributed by atoms with van der Waals surface area (Å²) in [5.74, 6) is -1.29. The molecule has 0 amide bonds. The lowest BCUT2D eigenvalue weighted by Crippen LogP contribution is -2.29. The summed E-state index contributed by atoms with van der Waals surface area (Å²) < 4.78 is 9.01. The highest BCUT2D eigenvalue weighted by molar-refractivity contribution is 9.10. The molecule has 1 unspecified atom stereocenters. The molecule has 1 rings (SSSR count). The maximum atomic E-state index is 11.8. The number of carboxylic acid groups (broad SMARTS) is 1. The molecular formula is C13H18BrNO5. The highest BCUT2D eigenvalue weighted by Gasteiger charge is 2.39. The summed E-state index contributed by atoms with van der Waals surface area (Å²) in [6.45, 7) is 6.73. The van der Waals surface area contributed by atoms with Gasteiger partial charge in [-0.15, -0.1) is 0 Å². The Morgan fingerprint density at radius 1 is 1.45 bits per heavy atom. The van der Waals surface area contributed by atoms with Gasteiger partial charge in [-0.2, -0.15) is 0 Å². The number of nitrogens with zero attached hydrogens (tertiary/aromatic N) is 1. The molecule has 1 heterocycles. The van der Waals surface area contributed by atoms with Crippen molar-refractivity contribution in [2.75, 3.05) is 6.61 Å². The number of oxazole rings is 1. The predicted octanol–water partition coefficient (Wildman–Crippen LogP) is 2.50. The number of ether oxygens (including phenoxy) is 1. The monoisotopic (exact) mass is 347 g/mol. The maximum Gasteiger partial charge on any atom is 0.332 e. The molecule has 1 aromatic rings. The van der Waals surface area contributed by atoms with Gasteiger partial charge in [-0.1, -0.05) is 15.9 Å². The molecule has 0 saturated heterocycles. The molecule has 112 valence electrons. The van der Waals surface area contributed by atoms with Crippen LogP contribution in [-0.2, 0) is 25.1 Å². The van der Waals surface area contributed by atoms with E-state index >= 15 is 0 Å². The molecular weight excluding hydrogens is 330 g/mol. The number of hydrogen-bond acceptors (Lipinski definition) is 5. The molecule has 7 heteroatoms. The standard InChI is InChI=1S/C13H18BrNO5/c1-5-19-11(18)13(4,14)9-15-8(7-20-9)6-12(2,3)10(16)17/h7H,5-6H2,1-4H3,(H,16,17). The minimum atomic E-state index is -1.19. The van der Waals surface area contributed by atoms with E-state index in [0.29, 0.717) is 5.69 Å². The zero-order valence-corrected chi connectivity index (χ0v) is 13.5. The molecule has 0 saturated carbocycles. The SMILES string of the molecule is CCOC(=O)C(C)(Br)c1nc(CC(C)(C)C(=O)O)co1. The van der Waals surface area contributed by atoms with Gasteiger partial charge in [-0.3, -0.25) is 4.79 Å². The van der Waals surface area contributed by atoms with Gasteiger partial charge in [0.15, 0.2) is 4.32 Å². The quantitative estimate of drug-likeness (QED) is 0.628. The zero-order chi connectivity index (χ0) is 15.6. The third kappa shape index (κ3) is 3.59. The van der Waals surface area contributed by atoms with Crippen LogP contribution in [0.4, 0.5) is 0 Å². The molecule has 1 atom stereocenters. The van der Waals surface area contributed by atoms with Crippen LogP contribution in [0.25, 0.3) is 0 Å². The first-order valence-corrected chi connectivity index (χ1v) is 6.95. The fourth-order valence-corrected chi connectivity index (χ4v) is 1.78. The Bertz CT molecular complexity index is 507. The lowest BCUT2D eigenvalue weighted by Gasteiger charge is -2.17. The summed E-state index contributed by atoms with van der Waals surface area (Å²) in [6.07, 6.45) is 1.57. The minimum absolute atomic E-state index is 0.145. The highest BCUT2D eigenvalue weighted by Crippen LogP contribution is 2.32. The Morgan fingerprint density at radius 2 is 2.05 bits per heavy atom. The first-order chi connectivity index (χ1) is 9.11. The van der Waals surface area contributed by atoms with Crippen LogP contribution in [0.2, 0.25) is 0 Å². The van der Waals surface area contributed by atoms with Crippen molar-refractivity contribution in [3.63, 3.8) is 0 Å². The summed E-state index contributed by atoms with van der Waals surface area (Å²) in [6, 6.07) is 0. The second-order valence-electron chi connectivity index (χ2n) is 5.23. The summed E-state index contributed by atoms with van der Waals surface area (Å²) in [4.78, 5) is 27.1. The van der Waals surface area contributed by atoms with Crippen molar-refractivity contribution in [3.8, 4) is 0 Å². The number of aliphatic carboxylic acids is 1. The Kier molecular flexibility index (Phi) is 4.96. The fraction of sp³-hybridized carbons (Fsp3) is 0.615. The van der Waals surface area contributed by atoms with Crippen LogP contribution in [-0.4, -0.2) is 28.6 Å². The van der Waals surface area contributed by atoms with E-state index in [4.69, 9.17) is 14.3 Å². The number of carboxylic acids is 1. The normalized spacial score (nSPS) is 14.7. The predicted molar refractivity (Wildman–Crippen MR) is 74.5 cm³/mol. The van der Waals surface area contributed by atoms with Crippen molar-refractivity contribution in [2.45, 2.75) is 38.4 Å². The van der Waals surface area contributed by atoms with Gasteiger partial charge in [0.2, 0.25) is 5.89 Å². The third-order valence-corrected chi connectivity index (χ3v) is 3.48. The van der Waals surface area contributed by atoms with Gasteiger partial charge in [0, 0.05) is 6.42 Å². The van der Waals surface area contributed by atoms with E-state index in [1.54, 1.807) is 27.7 Å². The molecule has 0 aliphatic heterocycles. The lowest BCUT2D eigenvalue weighted by molar-refractivity contribution is -0.147. The smallest absolute Gasteiger partial charge is 0.332 e. The van der Waals surface area contributed by atoms with Gasteiger partial charge in [0.05, 0.1) is 17.7 Å². The Hall–Kier alpha value is -1.37. The summed E-state index contributed by atoms with van der Waals surface area (Å²) >= 11 is 3.23. The van der Waals surface area contributed by atoms with Crippen LogP contribution >= 0.6 is 15.9 Å². The van der Waals surface area contributed by atoms with Crippen molar-refractivity contribution in [3.05, 3.63) is 17.8 Å². The number of aromatic nitrogens is 1. The van der Waals surface area contributed by atoms with E-state index in [2.05, 4.69) is 20.9 Å². The molecule has 0 spiro atoms. The van der Waals surface area contributed by atoms with E-state index in [-0.39, 0.29) is 18.9 Å². The molecule has 1 aromatic heterocycles. The van der Waals surface area contributed by atoms with E-state index in [0.717, 1.165) is 0 Å². The van der Waals surface area contributed by atoms with Crippen LogP contribution in [0.1, 0.15) is 39.3 Å². The summed E-state index contributed by atoms with van der Waals surface area (Å²) in [5, 5.41) is 9.09. The van der Waals surface area contributed by atoms with Gasteiger partial charge >= 0.3 is 11.9 Å². The Labute approximate surface area is 125 Å². The minimum Gasteiger partial charge on any atom is -0.481 e. The number of hydrogen-bond donors (Lipinski definition) is 1. The van der Waals surface area contributed by atoms with Crippen LogP contribution in [0.5, 0.6) is 0 Å². The van der Waals surface area contributed by atoms with E-state index in [1.165, 1.54) is 6.26 Å². The van der Waals surface area contributed by atoms with E-state index in [9.17, 15) is 9.59 Å². The second kappa shape index (κ2) is 5.95. The second-order valence-corrected chi connectivity index (χ2v) is 6.82. The Morgan fingerprint density at radius 3 is 2.55 bits per heavy atom. The van der Waals surface area contributed by atoms with Gasteiger partial charge in [0.25, 0.3) is 0 Å². The van der Waals surface area contributed by atoms with Crippen molar-refractivity contribution in [1.82, 2.24) is 4.98 Å². The van der Waals surface area contributed by atoms with Gasteiger partial charge in [-0.05, 0) is 27.7 Å². The highest BCUT2D eigenvalue weighted by atomic mass is 79.9. The number of carbonyl (C=O) groups is 2. The first kappa shape index (κ1) is 16.7. The van der Waals surface area contributed by atoms with Crippen LogP contribution in [0.15, 0.2) is 10.7 Å². The zero-order valence-electron chi connectivity index (χ0n) is 11.9. The van der Waals surface area contributed by atoms with Crippen molar-refractivity contribution < 1.29 is 23.8 Å². The Balaban J connectivity index is 2.92. The third-order valence-electron chi connectivity index (χ3n) is 2.81. The van der Waals surface area contributed by atoms with Gasteiger partial charge < -0.3 is 14.3 Å². The van der Waals surface area contributed by atoms with E-state index in [1.807, 2.05) is 0 Å². The molecule has 0 fully saturated rings. The maximum absolute atomic E-state index is 11.8. The van der Waals surface area contributed by atoms with Crippen LogP contribution in [0, 0.1) is 5.41 Å². The molecule has 0 radical (unpaired) electrons. The molecule has 0 aliphatic rings. The molecule has 0 bridgehead atoms. The van der Waals surface area contributed by atoms with Crippen LogP contribution in [0.3, 0.4) is 0 Å². The van der Waals surface area contributed by atoms with Gasteiger partial charge in [-0.25, -0.2) is 9.78 Å². The number of rotatable bonds is 6. The van der Waals surface area contributed by atoms with Crippen molar-refractivity contribution >= 4 is 27.9 Å². The molecule has 6 nitrogen and oxygen atoms in total. The van der Waals surface area contributed by atoms with Crippen LogP contribution < -0.4 is 0 Å². The molecule has 0 aliphatic carbocycles. The van der Waals surface area contributed by atoms with Gasteiger partial charge in [0.1, 0.15) is 6.26 Å². The topological polar surface area (TPSA) is 89.6 Å². The average Bonchev–Trinajstić information content (AvgIpc) is 2.77. The molecule has 1 N–H and O–H groups in total. The largest absolute Gasteiger partial charge is 0.481 e. The fourth-order valence-electron chi connectivity index (χ4n) is 1.49. The van der Waals surface area contributed by atoms with Crippen molar-refractivity contribution in [1.29, 1.82) is 0 Å². The number of halogens is 1. The van der Waals surface area contributed by atoms with Crippen molar-refractivity contribution in [2.24, 2.45) is 5.41 Å². The summed E-state index contributed by atoms with van der Waals surface area (Å²) in [7, 11) is 0. The molecule has 20 heavy (non-hydrogen) atoms. The number of alkyl halides is 1. The number of esters is 1. The first-order valence-electron chi connectivity index (χ1n) is 6.15. The average molecular weight is 348 g/mol. The lowest BCUT2D eigenvalue weighted by atomic mass is 9.88. The summed E-state index contributed by atoms with van der Waals surface area (Å²) in [5.41, 5.74) is -0.483. The number of carbonyl (C=O) groups excluding carboxylic acids is 1. The molecule has 0 aromatic carbocycles. The van der Waals surface area contributed by atoms with E-state index < -0.39 is 21.7 Å².